The summed E-state index contributed by atoms with van der Waals surface area (Å²) >= 11 is 0. The maximum atomic E-state index is 13.3. The molecule has 0 unspecified atom stereocenters. The van der Waals surface area contributed by atoms with Gasteiger partial charge >= 0.3 is 0 Å². The summed E-state index contributed by atoms with van der Waals surface area (Å²) < 4.78 is 40.8. The number of rotatable bonds is 5. The first-order valence-electron chi connectivity index (χ1n) is 9.56. The van der Waals surface area contributed by atoms with Gasteiger partial charge in [0.1, 0.15) is 5.82 Å². The van der Waals surface area contributed by atoms with E-state index in [2.05, 4.69) is 5.32 Å². The van der Waals surface area contributed by atoms with Crippen molar-refractivity contribution >= 4 is 21.6 Å². The van der Waals surface area contributed by atoms with Crippen LogP contribution in [0.15, 0.2) is 47.4 Å². The van der Waals surface area contributed by atoms with E-state index in [1.54, 1.807) is 26.0 Å². The third kappa shape index (κ3) is 4.83. The molecule has 1 aliphatic rings. The van der Waals surface area contributed by atoms with Gasteiger partial charge in [0.15, 0.2) is 0 Å². The Morgan fingerprint density at radius 2 is 1.76 bits per heavy atom. The zero-order valence-corrected chi connectivity index (χ0v) is 17.7. The second kappa shape index (κ2) is 8.61. The fourth-order valence-electron chi connectivity index (χ4n) is 3.43. The smallest absolute Gasteiger partial charge is 0.243 e. The number of sulfonamides is 1. The molecular formula is C21H26FN3O3S. The Hall–Kier alpha value is -2.29. The van der Waals surface area contributed by atoms with Crippen LogP contribution in [0.2, 0.25) is 0 Å². The van der Waals surface area contributed by atoms with Crippen molar-refractivity contribution in [3.05, 3.63) is 59.4 Å². The Labute approximate surface area is 171 Å². The van der Waals surface area contributed by atoms with Gasteiger partial charge in [-0.15, -0.1) is 0 Å². The summed E-state index contributed by atoms with van der Waals surface area (Å²) in [7, 11) is -3.57. The molecule has 3 rings (SSSR count). The molecule has 0 aliphatic carbocycles. The van der Waals surface area contributed by atoms with E-state index in [-0.39, 0.29) is 5.91 Å². The molecule has 0 bridgehead atoms. The van der Waals surface area contributed by atoms with Crippen LogP contribution in [0.5, 0.6) is 0 Å². The lowest BCUT2D eigenvalue weighted by atomic mass is 10.2. The highest BCUT2D eigenvalue weighted by atomic mass is 32.2. The molecule has 8 heteroatoms. The molecule has 29 heavy (non-hydrogen) atoms. The van der Waals surface area contributed by atoms with Gasteiger partial charge in [0.2, 0.25) is 15.9 Å². The van der Waals surface area contributed by atoms with Gasteiger partial charge in [-0.05, 0) is 56.2 Å². The maximum absolute atomic E-state index is 13.3. The van der Waals surface area contributed by atoms with E-state index in [9.17, 15) is 17.6 Å². The van der Waals surface area contributed by atoms with Crippen molar-refractivity contribution in [2.45, 2.75) is 31.7 Å². The van der Waals surface area contributed by atoms with Crippen molar-refractivity contribution in [2.24, 2.45) is 0 Å². The summed E-state index contributed by atoms with van der Waals surface area (Å²) in [5, 5.41) is 2.71. The molecule has 0 radical (unpaired) electrons. The minimum absolute atomic E-state index is 0.249. The van der Waals surface area contributed by atoms with E-state index < -0.39 is 21.9 Å². The molecule has 156 valence electrons. The van der Waals surface area contributed by atoms with Crippen LogP contribution < -0.4 is 5.32 Å². The average Bonchev–Trinajstić information content (AvgIpc) is 2.69. The van der Waals surface area contributed by atoms with Crippen LogP contribution in [0.25, 0.3) is 0 Å². The summed E-state index contributed by atoms with van der Waals surface area (Å²) in [6.45, 7) is 6.95. The molecule has 2 aromatic rings. The monoisotopic (exact) mass is 419 g/mol. The number of nitrogens with zero attached hydrogens (tertiary/aromatic N) is 2. The van der Waals surface area contributed by atoms with Crippen molar-refractivity contribution in [2.75, 3.05) is 31.5 Å². The fourth-order valence-corrected chi connectivity index (χ4v) is 5.17. The van der Waals surface area contributed by atoms with Crippen LogP contribution in [0, 0.1) is 19.7 Å². The number of carbonyl (C=O) groups is 1. The molecule has 0 aromatic heterocycles. The number of piperazine rings is 1. The highest BCUT2D eigenvalue weighted by Crippen LogP contribution is 2.23. The van der Waals surface area contributed by atoms with Gasteiger partial charge in [-0.25, -0.2) is 12.8 Å². The third-order valence-electron chi connectivity index (χ3n) is 5.25. The van der Waals surface area contributed by atoms with Gasteiger partial charge in [-0.1, -0.05) is 18.2 Å². The number of anilines is 1. The van der Waals surface area contributed by atoms with E-state index in [0.717, 1.165) is 11.1 Å². The van der Waals surface area contributed by atoms with Crippen molar-refractivity contribution in [1.82, 2.24) is 9.21 Å². The molecule has 1 N–H and O–H groups in total. The van der Waals surface area contributed by atoms with Gasteiger partial charge in [0.25, 0.3) is 0 Å². The summed E-state index contributed by atoms with van der Waals surface area (Å²) in [6.07, 6.45) is 0. The van der Waals surface area contributed by atoms with Crippen LogP contribution in [-0.2, 0) is 14.8 Å². The fraction of sp³-hybridized carbons (Fsp3) is 0.381. The summed E-state index contributed by atoms with van der Waals surface area (Å²) in [4.78, 5) is 14.8. The number of halogens is 1. The minimum Gasteiger partial charge on any atom is -0.325 e. The van der Waals surface area contributed by atoms with Crippen molar-refractivity contribution < 1.29 is 17.6 Å². The Kier molecular flexibility index (Phi) is 6.36. The van der Waals surface area contributed by atoms with Crippen LogP contribution in [0.3, 0.4) is 0 Å². The number of hydrogen-bond donors (Lipinski definition) is 1. The van der Waals surface area contributed by atoms with Gasteiger partial charge in [-0.2, -0.15) is 4.31 Å². The second-order valence-electron chi connectivity index (χ2n) is 7.38. The lowest BCUT2D eigenvalue weighted by molar-refractivity contribution is -0.121. The molecule has 1 aliphatic heterocycles. The Balaban J connectivity index is 1.63. The normalized spacial score (nSPS) is 17.1. The standard InChI is InChI=1S/C21H26FN3O3S/c1-15-7-8-16(2)20(13-15)29(27,28)25-11-9-24(10-12-25)17(3)21(26)23-19-6-4-5-18(22)14-19/h4-8,13-14,17H,9-12H2,1-3H3,(H,23,26)/t17-/m0/s1. The Bertz CT molecular complexity index is 1000. The molecule has 1 heterocycles. The lowest BCUT2D eigenvalue weighted by Gasteiger charge is -2.37. The SMILES string of the molecule is Cc1ccc(C)c(S(=O)(=O)N2CCN([C@@H](C)C(=O)Nc3cccc(F)c3)CC2)c1. The Morgan fingerprint density at radius 1 is 1.07 bits per heavy atom. The van der Waals surface area contributed by atoms with E-state index in [1.165, 1.54) is 22.5 Å². The zero-order chi connectivity index (χ0) is 21.2. The molecule has 2 aromatic carbocycles. The number of nitrogens with one attached hydrogen (secondary N) is 1. The van der Waals surface area contributed by atoms with Crippen molar-refractivity contribution in [3.63, 3.8) is 0 Å². The van der Waals surface area contributed by atoms with Gasteiger partial charge in [0.05, 0.1) is 10.9 Å². The van der Waals surface area contributed by atoms with Gasteiger partial charge < -0.3 is 5.32 Å². The molecule has 0 saturated carbocycles. The van der Waals surface area contributed by atoms with E-state index >= 15 is 0 Å². The number of benzene rings is 2. The largest absolute Gasteiger partial charge is 0.325 e. The lowest BCUT2D eigenvalue weighted by Crippen LogP contribution is -2.54. The predicted octanol–water partition coefficient (Wildman–Crippen LogP) is 2.78. The molecule has 1 amide bonds. The number of carbonyl (C=O) groups excluding carboxylic acids is 1. The molecule has 6 nitrogen and oxygen atoms in total. The summed E-state index contributed by atoms with van der Waals surface area (Å²) in [6, 6.07) is 10.7. The predicted molar refractivity (Wildman–Crippen MR) is 111 cm³/mol. The number of hydrogen-bond acceptors (Lipinski definition) is 4. The molecular weight excluding hydrogens is 393 g/mol. The summed E-state index contributed by atoms with van der Waals surface area (Å²) in [5.74, 6) is -0.665. The number of amides is 1. The first kappa shape index (κ1) is 21.4. The first-order valence-corrected chi connectivity index (χ1v) is 11.0. The zero-order valence-electron chi connectivity index (χ0n) is 16.9. The van der Waals surface area contributed by atoms with Crippen LogP contribution in [-0.4, -0.2) is 55.8 Å². The Morgan fingerprint density at radius 3 is 2.41 bits per heavy atom. The highest BCUT2D eigenvalue weighted by molar-refractivity contribution is 7.89. The van der Waals surface area contributed by atoms with E-state index in [1.807, 2.05) is 24.0 Å². The molecule has 0 spiro atoms. The van der Waals surface area contributed by atoms with E-state index in [4.69, 9.17) is 0 Å². The minimum atomic E-state index is -3.57. The third-order valence-corrected chi connectivity index (χ3v) is 7.29. The number of aryl methyl sites for hydroxylation is 2. The molecule has 1 saturated heterocycles. The van der Waals surface area contributed by atoms with Crippen molar-refractivity contribution in [1.29, 1.82) is 0 Å². The van der Waals surface area contributed by atoms with Crippen molar-refractivity contribution in [3.8, 4) is 0 Å². The molecule has 1 fully saturated rings. The maximum Gasteiger partial charge on any atom is 0.243 e. The topological polar surface area (TPSA) is 69.7 Å². The summed E-state index contributed by atoms with van der Waals surface area (Å²) in [5.41, 5.74) is 2.02. The van der Waals surface area contributed by atoms with Crippen LogP contribution in [0.4, 0.5) is 10.1 Å². The second-order valence-corrected chi connectivity index (χ2v) is 9.29. The highest BCUT2D eigenvalue weighted by Gasteiger charge is 2.32. The first-order chi connectivity index (χ1) is 13.7. The van der Waals surface area contributed by atoms with E-state index in [0.29, 0.717) is 36.8 Å². The molecule has 1 atom stereocenters. The quantitative estimate of drug-likeness (QED) is 0.809. The van der Waals surface area contributed by atoms with Crippen LogP contribution in [0.1, 0.15) is 18.1 Å². The van der Waals surface area contributed by atoms with Crippen LogP contribution >= 0.6 is 0 Å². The van der Waals surface area contributed by atoms with Gasteiger partial charge in [-0.3, -0.25) is 9.69 Å². The average molecular weight is 420 g/mol. The van der Waals surface area contributed by atoms with Gasteiger partial charge in [0, 0.05) is 31.9 Å².